The molecule has 3 heteroatoms. The monoisotopic (exact) mass is 183 g/mol. The van der Waals surface area contributed by atoms with Crippen LogP contribution in [-0.4, -0.2) is 30.2 Å². The minimum atomic E-state index is -0.0240. The summed E-state index contributed by atoms with van der Waals surface area (Å²) in [6.45, 7) is 2.70. The summed E-state index contributed by atoms with van der Waals surface area (Å²) in [6, 6.07) is 0. The highest BCUT2D eigenvalue weighted by molar-refractivity contribution is 5.90. The van der Waals surface area contributed by atoms with Gasteiger partial charge in [0.2, 0.25) is 5.91 Å². The Bertz CT molecular complexity index is 213. The maximum absolute atomic E-state index is 11.5. The highest BCUT2D eigenvalue weighted by Gasteiger charge is 2.31. The number of nitrogens with zero attached hydrogens (tertiary/aromatic N) is 1. The lowest BCUT2D eigenvalue weighted by Gasteiger charge is -2.08. The van der Waals surface area contributed by atoms with Gasteiger partial charge in [-0.2, -0.15) is 0 Å². The zero-order valence-corrected chi connectivity index (χ0v) is 8.38. The first-order valence-electron chi connectivity index (χ1n) is 4.91. The van der Waals surface area contributed by atoms with Crippen LogP contribution in [0.2, 0.25) is 0 Å². The second-order valence-corrected chi connectivity index (χ2v) is 3.75. The van der Waals surface area contributed by atoms with Crippen LogP contribution in [0.4, 0.5) is 0 Å². The zero-order valence-electron chi connectivity index (χ0n) is 8.38. The number of ketones is 1. The van der Waals surface area contributed by atoms with Crippen LogP contribution >= 0.6 is 0 Å². The third-order valence-electron chi connectivity index (χ3n) is 2.57. The lowest BCUT2D eigenvalue weighted by Crippen LogP contribution is -2.21. The van der Waals surface area contributed by atoms with Gasteiger partial charge in [0.1, 0.15) is 5.78 Å². The lowest BCUT2D eigenvalue weighted by molar-refractivity contribution is -0.127. The molecule has 0 spiro atoms. The summed E-state index contributed by atoms with van der Waals surface area (Å²) in [5, 5.41) is 0. The van der Waals surface area contributed by atoms with E-state index in [2.05, 4.69) is 6.92 Å². The molecule has 1 fully saturated rings. The molecular weight excluding hydrogens is 166 g/mol. The van der Waals surface area contributed by atoms with Crippen molar-refractivity contribution in [3.05, 3.63) is 0 Å². The van der Waals surface area contributed by atoms with Crippen molar-refractivity contribution in [2.75, 3.05) is 13.6 Å². The molecule has 13 heavy (non-hydrogen) atoms. The van der Waals surface area contributed by atoms with E-state index in [-0.39, 0.29) is 17.6 Å². The maximum atomic E-state index is 11.5. The van der Waals surface area contributed by atoms with E-state index in [0.29, 0.717) is 19.4 Å². The van der Waals surface area contributed by atoms with Gasteiger partial charge in [-0.15, -0.1) is 0 Å². The van der Waals surface area contributed by atoms with Crippen LogP contribution in [0.1, 0.15) is 32.6 Å². The molecule has 0 aliphatic carbocycles. The predicted octanol–water partition coefficient (Wildman–Crippen LogP) is 1.22. The summed E-state index contributed by atoms with van der Waals surface area (Å²) in [4.78, 5) is 24.3. The predicted molar refractivity (Wildman–Crippen MR) is 50.3 cm³/mol. The molecule has 1 atom stereocenters. The van der Waals surface area contributed by atoms with Crippen LogP contribution in [0, 0.1) is 5.92 Å². The number of hydrogen-bond donors (Lipinski definition) is 0. The van der Waals surface area contributed by atoms with Crippen molar-refractivity contribution in [2.45, 2.75) is 32.6 Å². The average Bonchev–Trinajstić information content (AvgIpc) is 2.43. The van der Waals surface area contributed by atoms with Crippen molar-refractivity contribution in [1.29, 1.82) is 0 Å². The smallest absolute Gasteiger partial charge is 0.223 e. The summed E-state index contributed by atoms with van der Waals surface area (Å²) in [7, 11) is 1.76. The molecule has 1 heterocycles. The number of carbonyl (C=O) groups excluding carboxylic acids is 2. The molecule has 0 aromatic heterocycles. The molecule has 74 valence electrons. The molecule has 0 aromatic rings. The van der Waals surface area contributed by atoms with Gasteiger partial charge >= 0.3 is 0 Å². The van der Waals surface area contributed by atoms with E-state index in [1.54, 1.807) is 11.9 Å². The molecule has 3 nitrogen and oxygen atoms in total. The molecule has 0 N–H and O–H groups in total. The first-order chi connectivity index (χ1) is 6.15. The fourth-order valence-electron chi connectivity index (χ4n) is 1.63. The summed E-state index contributed by atoms with van der Waals surface area (Å²) in [5.41, 5.74) is 0. The maximum Gasteiger partial charge on any atom is 0.223 e. The molecule has 1 aliphatic rings. The Morgan fingerprint density at radius 2 is 2.31 bits per heavy atom. The van der Waals surface area contributed by atoms with Crippen molar-refractivity contribution < 1.29 is 9.59 Å². The number of Topliss-reactive ketones (excluding diaryl/α,β-unsaturated/α-hetero) is 1. The lowest BCUT2D eigenvalue weighted by atomic mass is 9.99. The van der Waals surface area contributed by atoms with Crippen molar-refractivity contribution in [2.24, 2.45) is 5.92 Å². The topological polar surface area (TPSA) is 37.4 Å². The van der Waals surface area contributed by atoms with Crippen LogP contribution in [-0.2, 0) is 9.59 Å². The van der Waals surface area contributed by atoms with E-state index in [1.807, 2.05) is 0 Å². The van der Waals surface area contributed by atoms with E-state index < -0.39 is 0 Å². The first kappa shape index (κ1) is 10.2. The quantitative estimate of drug-likeness (QED) is 0.657. The van der Waals surface area contributed by atoms with Crippen LogP contribution in [0.25, 0.3) is 0 Å². The molecule has 1 rings (SSSR count). The first-order valence-corrected chi connectivity index (χ1v) is 4.91. The molecule has 0 radical (unpaired) electrons. The number of likely N-dealkylation sites (tertiary alicyclic amines) is 1. The summed E-state index contributed by atoms with van der Waals surface area (Å²) in [6.07, 6.45) is 3.07. The third kappa shape index (κ3) is 2.54. The number of carbonyl (C=O) groups is 2. The van der Waals surface area contributed by atoms with Crippen molar-refractivity contribution in [3.63, 3.8) is 0 Å². The SMILES string of the molecule is CCCCC(=O)C1CC(=O)N(C)C1. The molecular formula is C10H17NO2. The van der Waals surface area contributed by atoms with Gasteiger partial charge in [-0.25, -0.2) is 0 Å². The van der Waals surface area contributed by atoms with E-state index >= 15 is 0 Å². The van der Waals surface area contributed by atoms with Gasteiger partial charge in [0.05, 0.1) is 0 Å². The summed E-state index contributed by atoms with van der Waals surface area (Å²) >= 11 is 0. The average molecular weight is 183 g/mol. The summed E-state index contributed by atoms with van der Waals surface area (Å²) < 4.78 is 0. The van der Waals surface area contributed by atoms with E-state index in [9.17, 15) is 9.59 Å². The number of hydrogen-bond acceptors (Lipinski definition) is 2. The van der Waals surface area contributed by atoms with Crippen molar-refractivity contribution in [1.82, 2.24) is 4.90 Å². The third-order valence-corrected chi connectivity index (χ3v) is 2.57. The normalized spacial score (nSPS) is 22.5. The Morgan fingerprint density at radius 3 is 2.77 bits per heavy atom. The largest absolute Gasteiger partial charge is 0.345 e. The van der Waals surface area contributed by atoms with Crippen molar-refractivity contribution >= 4 is 11.7 Å². The van der Waals surface area contributed by atoms with E-state index in [1.165, 1.54) is 0 Å². The van der Waals surface area contributed by atoms with Gasteiger partial charge < -0.3 is 4.90 Å². The van der Waals surface area contributed by atoms with Crippen LogP contribution in [0.3, 0.4) is 0 Å². The van der Waals surface area contributed by atoms with Crippen LogP contribution in [0.15, 0.2) is 0 Å². The molecule has 1 saturated heterocycles. The Labute approximate surface area is 79.1 Å². The number of rotatable bonds is 4. The van der Waals surface area contributed by atoms with Crippen LogP contribution in [0.5, 0.6) is 0 Å². The van der Waals surface area contributed by atoms with Gasteiger partial charge in [-0.05, 0) is 6.42 Å². The van der Waals surface area contributed by atoms with Gasteiger partial charge in [-0.1, -0.05) is 13.3 Å². The number of amides is 1. The standard InChI is InChI=1S/C10H17NO2/c1-3-4-5-9(12)8-6-10(13)11(2)7-8/h8H,3-7H2,1-2H3. The second-order valence-electron chi connectivity index (χ2n) is 3.75. The van der Waals surface area contributed by atoms with Gasteiger partial charge in [0.15, 0.2) is 0 Å². The Morgan fingerprint density at radius 1 is 1.62 bits per heavy atom. The van der Waals surface area contributed by atoms with E-state index in [0.717, 1.165) is 12.8 Å². The highest BCUT2D eigenvalue weighted by Crippen LogP contribution is 2.18. The fraction of sp³-hybridized carbons (Fsp3) is 0.800. The van der Waals surface area contributed by atoms with Gasteiger partial charge in [-0.3, -0.25) is 9.59 Å². The second kappa shape index (κ2) is 4.40. The minimum absolute atomic E-state index is 0.0240. The summed E-state index contributed by atoms with van der Waals surface area (Å²) in [5.74, 6) is 0.346. The zero-order chi connectivity index (χ0) is 9.84. The van der Waals surface area contributed by atoms with Gasteiger partial charge in [0.25, 0.3) is 0 Å². The minimum Gasteiger partial charge on any atom is -0.345 e. The fourth-order valence-corrected chi connectivity index (χ4v) is 1.63. The molecule has 1 aliphatic heterocycles. The Kier molecular flexibility index (Phi) is 3.46. The van der Waals surface area contributed by atoms with Crippen molar-refractivity contribution in [3.8, 4) is 0 Å². The molecule has 0 aromatic carbocycles. The Balaban J connectivity index is 2.37. The number of unbranched alkanes of at least 4 members (excludes halogenated alkanes) is 1. The van der Waals surface area contributed by atoms with E-state index in [4.69, 9.17) is 0 Å². The molecule has 1 unspecified atom stereocenters. The van der Waals surface area contributed by atoms with Gasteiger partial charge in [0, 0.05) is 32.4 Å². The highest BCUT2D eigenvalue weighted by atomic mass is 16.2. The molecule has 1 amide bonds. The molecule has 0 saturated carbocycles. The Hall–Kier alpha value is -0.860. The molecule has 0 bridgehead atoms. The van der Waals surface area contributed by atoms with Crippen LogP contribution < -0.4 is 0 Å².